The zero-order valence-electron chi connectivity index (χ0n) is 12.7. The molecule has 0 unspecified atom stereocenters. The Morgan fingerprint density at radius 3 is 2.52 bits per heavy atom. The van der Waals surface area contributed by atoms with E-state index in [1.807, 2.05) is 18.2 Å². The molecule has 0 bridgehead atoms. The molecule has 2 aromatic rings. The van der Waals surface area contributed by atoms with Crippen molar-refractivity contribution in [3.8, 4) is 5.75 Å². The van der Waals surface area contributed by atoms with E-state index in [4.69, 9.17) is 4.74 Å². The molecule has 0 atom stereocenters. The molecule has 2 rings (SSSR count). The third kappa shape index (κ3) is 5.56. The second-order valence-electron chi connectivity index (χ2n) is 5.47. The van der Waals surface area contributed by atoms with Gasteiger partial charge >= 0.3 is 0 Å². The number of halogens is 1. The van der Waals surface area contributed by atoms with Crippen LogP contribution in [-0.4, -0.2) is 25.5 Å². The first-order chi connectivity index (χ1) is 10.1. The molecule has 0 amide bonds. The highest BCUT2D eigenvalue weighted by molar-refractivity contribution is 5.29. The van der Waals surface area contributed by atoms with Gasteiger partial charge in [-0.25, -0.2) is 4.39 Å². The number of hydrogen-bond acceptors (Lipinski definition) is 2. The predicted octanol–water partition coefficient (Wildman–Crippen LogP) is 3.90. The Labute approximate surface area is 126 Å². The van der Waals surface area contributed by atoms with E-state index < -0.39 is 0 Å². The summed E-state index contributed by atoms with van der Waals surface area (Å²) in [5.74, 6) is 0.607. The zero-order valence-corrected chi connectivity index (χ0v) is 12.7. The van der Waals surface area contributed by atoms with Gasteiger partial charge < -0.3 is 9.64 Å². The van der Waals surface area contributed by atoms with Crippen LogP contribution in [0, 0.1) is 5.82 Å². The molecule has 0 aromatic heterocycles. The third-order valence-electron chi connectivity index (χ3n) is 3.26. The maximum atomic E-state index is 13.1. The lowest BCUT2D eigenvalue weighted by Crippen LogP contribution is -2.13. The van der Waals surface area contributed by atoms with Gasteiger partial charge in [0.1, 0.15) is 18.2 Å². The van der Waals surface area contributed by atoms with Gasteiger partial charge in [0.25, 0.3) is 0 Å². The van der Waals surface area contributed by atoms with Crippen molar-refractivity contribution in [1.29, 1.82) is 0 Å². The Morgan fingerprint density at radius 1 is 1.00 bits per heavy atom. The number of benzene rings is 2. The number of nitrogens with zero attached hydrogens (tertiary/aromatic N) is 1. The minimum atomic E-state index is -0.228. The minimum absolute atomic E-state index is 0.228. The van der Waals surface area contributed by atoms with Gasteiger partial charge in [-0.05, 0) is 68.9 Å². The highest BCUT2D eigenvalue weighted by atomic mass is 19.1. The van der Waals surface area contributed by atoms with E-state index in [-0.39, 0.29) is 5.82 Å². The molecule has 0 N–H and O–H groups in total. The first-order valence-corrected chi connectivity index (χ1v) is 7.24. The summed E-state index contributed by atoms with van der Waals surface area (Å²) in [6, 6.07) is 14.6. The van der Waals surface area contributed by atoms with E-state index in [0.717, 1.165) is 30.7 Å². The van der Waals surface area contributed by atoms with Crippen molar-refractivity contribution in [3.63, 3.8) is 0 Å². The second-order valence-corrected chi connectivity index (χ2v) is 5.47. The van der Waals surface area contributed by atoms with Crippen LogP contribution >= 0.6 is 0 Å². The molecular formula is C18H22FNO. The van der Waals surface area contributed by atoms with E-state index in [0.29, 0.717) is 6.61 Å². The number of aryl methyl sites for hydroxylation is 1. The molecular weight excluding hydrogens is 265 g/mol. The van der Waals surface area contributed by atoms with Gasteiger partial charge in [0.05, 0.1) is 0 Å². The average Bonchev–Trinajstić information content (AvgIpc) is 2.45. The molecule has 0 aliphatic heterocycles. The fourth-order valence-corrected chi connectivity index (χ4v) is 2.18. The Morgan fingerprint density at radius 2 is 1.76 bits per heavy atom. The first kappa shape index (κ1) is 15.5. The van der Waals surface area contributed by atoms with Crippen molar-refractivity contribution in [3.05, 3.63) is 65.5 Å². The molecule has 0 saturated heterocycles. The molecule has 2 aromatic carbocycles. The van der Waals surface area contributed by atoms with Gasteiger partial charge in [0.2, 0.25) is 0 Å². The third-order valence-corrected chi connectivity index (χ3v) is 3.26. The van der Waals surface area contributed by atoms with Gasteiger partial charge in [-0.1, -0.05) is 24.3 Å². The van der Waals surface area contributed by atoms with Crippen molar-refractivity contribution < 1.29 is 9.13 Å². The van der Waals surface area contributed by atoms with Crippen LogP contribution in [0.25, 0.3) is 0 Å². The SMILES string of the molecule is CN(C)CCCc1cccc(OCc2cccc(F)c2)c1. The van der Waals surface area contributed by atoms with Crippen LogP contribution in [0.1, 0.15) is 17.5 Å². The van der Waals surface area contributed by atoms with Gasteiger partial charge in [-0.15, -0.1) is 0 Å². The maximum absolute atomic E-state index is 13.1. The smallest absolute Gasteiger partial charge is 0.123 e. The molecule has 21 heavy (non-hydrogen) atoms. The lowest BCUT2D eigenvalue weighted by molar-refractivity contribution is 0.305. The van der Waals surface area contributed by atoms with E-state index in [1.165, 1.54) is 17.7 Å². The molecule has 0 saturated carbocycles. The molecule has 0 spiro atoms. The van der Waals surface area contributed by atoms with Crippen molar-refractivity contribution in [2.45, 2.75) is 19.4 Å². The highest BCUT2D eigenvalue weighted by Crippen LogP contribution is 2.16. The quantitative estimate of drug-likeness (QED) is 0.766. The van der Waals surface area contributed by atoms with E-state index >= 15 is 0 Å². The average molecular weight is 287 g/mol. The van der Waals surface area contributed by atoms with Gasteiger partial charge in [0.15, 0.2) is 0 Å². The predicted molar refractivity (Wildman–Crippen MR) is 84.0 cm³/mol. The van der Waals surface area contributed by atoms with Crippen LogP contribution in [0.4, 0.5) is 4.39 Å². The zero-order chi connectivity index (χ0) is 15.1. The Hall–Kier alpha value is -1.87. The lowest BCUT2D eigenvalue weighted by atomic mass is 10.1. The van der Waals surface area contributed by atoms with E-state index in [1.54, 1.807) is 6.07 Å². The van der Waals surface area contributed by atoms with Gasteiger partial charge in [-0.3, -0.25) is 0 Å². The number of ether oxygens (including phenoxy) is 1. The number of hydrogen-bond donors (Lipinski definition) is 0. The normalized spacial score (nSPS) is 10.9. The lowest BCUT2D eigenvalue weighted by Gasteiger charge is -2.10. The molecule has 2 nitrogen and oxygen atoms in total. The Kier molecular flexibility index (Phi) is 5.76. The molecule has 0 radical (unpaired) electrons. The molecule has 3 heteroatoms. The molecule has 0 aliphatic carbocycles. The van der Waals surface area contributed by atoms with Crippen molar-refractivity contribution in [2.24, 2.45) is 0 Å². The van der Waals surface area contributed by atoms with Crippen LogP contribution < -0.4 is 4.74 Å². The molecule has 0 fully saturated rings. The van der Waals surface area contributed by atoms with Gasteiger partial charge in [-0.2, -0.15) is 0 Å². The minimum Gasteiger partial charge on any atom is -0.489 e. The number of rotatable bonds is 7. The summed E-state index contributed by atoms with van der Waals surface area (Å²) in [4.78, 5) is 2.18. The summed E-state index contributed by atoms with van der Waals surface area (Å²) in [5.41, 5.74) is 2.11. The maximum Gasteiger partial charge on any atom is 0.123 e. The highest BCUT2D eigenvalue weighted by Gasteiger charge is 2.00. The second kappa shape index (κ2) is 7.79. The standard InChI is InChI=1S/C18H22FNO/c1-20(2)11-5-8-15-6-4-10-18(13-15)21-14-16-7-3-9-17(19)12-16/h3-4,6-7,9-10,12-13H,5,8,11,14H2,1-2H3. The summed E-state index contributed by atoms with van der Waals surface area (Å²) in [6.07, 6.45) is 2.16. The van der Waals surface area contributed by atoms with Crippen LogP contribution in [0.15, 0.2) is 48.5 Å². The van der Waals surface area contributed by atoms with Crippen LogP contribution in [0.5, 0.6) is 5.75 Å². The van der Waals surface area contributed by atoms with Crippen molar-refractivity contribution in [1.82, 2.24) is 4.90 Å². The summed E-state index contributed by atoms with van der Waals surface area (Å²) < 4.78 is 18.8. The van der Waals surface area contributed by atoms with Crippen molar-refractivity contribution >= 4 is 0 Å². The van der Waals surface area contributed by atoms with Crippen LogP contribution in [-0.2, 0) is 13.0 Å². The van der Waals surface area contributed by atoms with Crippen LogP contribution in [0.3, 0.4) is 0 Å². The fourth-order valence-electron chi connectivity index (χ4n) is 2.18. The van der Waals surface area contributed by atoms with E-state index in [9.17, 15) is 4.39 Å². The van der Waals surface area contributed by atoms with Crippen LogP contribution in [0.2, 0.25) is 0 Å². The summed E-state index contributed by atoms with van der Waals surface area (Å²) >= 11 is 0. The van der Waals surface area contributed by atoms with E-state index in [2.05, 4.69) is 31.1 Å². The molecule has 0 aliphatic rings. The fraction of sp³-hybridized carbons (Fsp3) is 0.333. The topological polar surface area (TPSA) is 12.5 Å². The Bertz CT molecular complexity index is 569. The summed E-state index contributed by atoms with van der Waals surface area (Å²) in [7, 11) is 4.16. The largest absolute Gasteiger partial charge is 0.489 e. The Balaban J connectivity index is 1.88. The molecule has 112 valence electrons. The summed E-state index contributed by atoms with van der Waals surface area (Å²) in [6.45, 7) is 1.47. The molecule has 0 heterocycles. The summed E-state index contributed by atoms with van der Waals surface area (Å²) in [5, 5.41) is 0. The van der Waals surface area contributed by atoms with Crippen molar-refractivity contribution in [2.75, 3.05) is 20.6 Å². The first-order valence-electron chi connectivity index (χ1n) is 7.24. The van der Waals surface area contributed by atoms with Gasteiger partial charge in [0, 0.05) is 0 Å². The monoisotopic (exact) mass is 287 g/mol.